The minimum atomic E-state index is -0.0704. The van der Waals surface area contributed by atoms with E-state index in [0.717, 1.165) is 44.3 Å². The van der Waals surface area contributed by atoms with Crippen LogP contribution in [0.1, 0.15) is 21.7 Å². The second-order valence-electron chi connectivity index (χ2n) is 7.16. The van der Waals surface area contributed by atoms with Crippen LogP contribution in [-0.4, -0.2) is 38.3 Å². The number of nitrogens with one attached hydrogen (secondary N) is 1. The molecule has 0 saturated heterocycles. The van der Waals surface area contributed by atoms with Gasteiger partial charge in [-0.3, -0.25) is 9.78 Å². The summed E-state index contributed by atoms with van der Waals surface area (Å²) in [6.07, 6.45) is 2.65. The molecule has 2 heterocycles. The van der Waals surface area contributed by atoms with Crippen LogP contribution in [0, 0.1) is 6.92 Å². The molecular weight excluding hydrogens is 396 g/mol. The predicted molar refractivity (Wildman–Crippen MR) is 123 cm³/mol. The summed E-state index contributed by atoms with van der Waals surface area (Å²) < 4.78 is 11.5. The van der Waals surface area contributed by atoms with Crippen LogP contribution in [0.3, 0.4) is 0 Å². The van der Waals surface area contributed by atoms with Crippen LogP contribution < -0.4 is 10.1 Å². The van der Waals surface area contributed by atoms with E-state index in [2.05, 4.69) is 41.5 Å². The molecule has 5 nitrogen and oxygen atoms in total. The molecule has 6 heteroatoms. The number of carbonyl (C=O) groups is 1. The number of aryl methyl sites for hydroxylation is 1. The van der Waals surface area contributed by atoms with Crippen LogP contribution in [0.25, 0.3) is 32.1 Å². The van der Waals surface area contributed by atoms with E-state index in [-0.39, 0.29) is 5.91 Å². The molecule has 0 saturated carbocycles. The SMILES string of the molecule is COCCCNC(=O)c1sc2c(cnc3ccc(OC)cc32)c1-c1ccc(C)cc1. The van der Waals surface area contributed by atoms with Crippen LogP contribution in [0.5, 0.6) is 5.75 Å². The number of ether oxygens (including phenoxy) is 2. The summed E-state index contributed by atoms with van der Waals surface area (Å²) in [5, 5.41) is 5.00. The summed E-state index contributed by atoms with van der Waals surface area (Å²) in [7, 11) is 3.31. The second kappa shape index (κ2) is 8.81. The zero-order valence-electron chi connectivity index (χ0n) is 17.3. The Morgan fingerprint density at radius 2 is 1.90 bits per heavy atom. The van der Waals surface area contributed by atoms with E-state index in [1.165, 1.54) is 16.9 Å². The van der Waals surface area contributed by atoms with Gasteiger partial charge in [-0.15, -0.1) is 11.3 Å². The Kier molecular flexibility index (Phi) is 5.97. The van der Waals surface area contributed by atoms with Crippen LogP contribution in [-0.2, 0) is 4.74 Å². The number of aromatic nitrogens is 1. The van der Waals surface area contributed by atoms with Crippen LogP contribution in [0.2, 0.25) is 0 Å². The van der Waals surface area contributed by atoms with Crippen molar-refractivity contribution < 1.29 is 14.3 Å². The molecule has 0 aliphatic carbocycles. The van der Waals surface area contributed by atoms with Gasteiger partial charge >= 0.3 is 0 Å². The third-order valence-corrected chi connectivity index (χ3v) is 6.32. The van der Waals surface area contributed by atoms with Gasteiger partial charge in [0.2, 0.25) is 0 Å². The normalized spacial score (nSPS) is 11.2. The molecule has 0 fully saturated rings. The van der Waals surface area contributed by atoms with Crippen molar-refractivity contribution in [1.29, 1.82) is 0 Å². The Morgan fingerprint density at radius 1 is 1.10 bits per heavy atom. The summed E-state index contributed by atoms with van der Waals surface area (Å²) in [6.45, 7) is 3.24. The fraction of sp³-hybridized carbons (Fsp3) is 0.250. The van der Waals surface area contributed by atoms with E-state index in [1.54, 1.807) is 14.2 Å². The Hall–Kier alpha value is -2.96. The average Bonchev–Trinajstić information content (AvgIpc) is 3.17. The lowest BCUT2D eigenvalue weighted by molar-refractivity contribution is 0.0953. The molecule has 30 heavy (non-hydrogen) atoms. The number of methoxy groups -OCH3 is 2. The van der Waals surface area contributed by atoms with E-state index >= 15 is 0 Å². The molecule has 0 radical (unpaired) electrons. The van der Waals surface area contributed by atoms with E-state index in [0.29, 0.717) is 18.0 Å². The first kappa shape index (κ1) is 20.3. The van der Waals surface area contributed by atoms with Crippen molar-refractivity contribution in [3.63, 3.8) is 0 Å². The van der Waals surface area contributed by atoms with Gasteiger partial charge < -0.3 is 14.8 Å². The number of benzene rings is 2. The number of hydrogen-bond acceptors (Lipinski definition) is 5. The van der Waals surface area contributed by atoms with E-state index in [9.17, 15) is 4.79 Å². The molecule has 2 aromatic carbocycles. The maximum atomic E-state index is 13.1. The van der Waals surface area contributed by atoms with Crippen LogP contribution >= 0.6 is 11.3 Å². The quantitative estimate of drug-likeness (QED) is 0.418. The molecule has 0 aliphatic rings. The van der Waals surface area contributed by atoms with E-state index in [1.807, 2.05) is 24.4 Å². The molecule has 0 aliphatic heterocycles. The molecule has 4 aromatic rings. The minimum absolute atomic E-state index is 0.0704. The maximum absolute atomic E-state index is 13.1. The third kappa shape index (κ3) is 3.88. The highest BCUT2D eigenvalue weighted by molar-refractivity contribution is 7.22. The molecule has 154 valence electrons. The highest BCUT2D eigenvalue weighted by atomic mass is 32.1. The van der Waals surface area contributed by atoms with Crippen LogP contribution in [0.4, 0.5) is 0 Å². The molecule has 4 rings (SSSR count). The summed E-state index contributed by atoms with van der Waals surface area (Å²) in [5.41, 5.74) is 4.00. The number of amides is 1. The van der Waals surface area contributed by atoms with Gasteiger partial charge in [0.25, 0.3) is 5.91 Å². The molecule has 0 unspecified atom stereocenters. The summed E-state index contributed by atoms with van der Waals surface area (Å²) in [6, 6.07) is 14.1. The first-order valence-electron chi connectivity index (χ1n) is 9.86. The fourth-order valence-electron chi connectivity index (χ4n) is 3.50. The zero-order valence-corrected chi connectivity index (χ0v) is 18.1. The molecule has 1 amide bonds. The molecule has 2 aromatic heterocycles. The lowest BCUT2D eigenvalue weighted by atomic mass is 10.0. The highest BCUT2D eigenvalue weighted by Gasteiger charge is 2.21. The zero-order chi connectivity index (χ0) is 21.1. The first-order chi connectivity index (χ1) is 14.6. The smallest absolute Gasteiger partial charge is 0.262 e. The summed E-state index contributed by atoms with van der Waals surface area (Å²) in [4.78, 5) is 18.5. The average molecular weight is 421 g/mol. The highest BCUT2D eigenvalue weighted by Crippen LogP contribution is 2.42. The fourth-order valence-corrected chi connectivity index (χ4v) is 4.74. The Bertz CT molecular complexity index is 1200. The lowest BCUT2D eigenvalue weighted by Crippen LogP contribution is -2.24. The first-order valence-corrected chi connectivity index (χ1v) is 10.7. The summed E-state index contributed by atoms with van der Waals surface area (Å²) in [5.74, 6) is 0.701. The number of hydrogen-bond donors (Lipinski definition) is 1. The van der Waals surface area contributed by atoms with Gasteiger partial charge in [0.15, 0.2) is 0 Å². The number of rotatable bonds is 7. The summed E-state index contributed by atoms with van der Waals surface area (Å²) >= 11 is 1.50. The maximum Gasteiger partial charge on any atom is 0.262 e. The minimum Gasteiger partial charge on any atom is -0.497 e. The predicted octanol–water partition coefficient (Wildman–Crippen LogP) is 5.20. The van der Waals surface area contributed by atoms with Crippen molar-refractivity contribution in [3.8, 4) is 16.9 Å². The van der Waals surface area contributed by atoms with Gasteiger partial charge in [-0.1, -0.05) is 29.8 Å². The van der Waals surface area contributed by atoms with Crippen molar-refractivity contribution in [2.24, 2.45) is 0 Å². The van der Waals surface area contributed by atoms with Crippen LogP contribution in [0.15, 0.2) is 48.7 Å². The van der Waals surface area contributed by atoms with Crippen molar-refractivity contribution in [2.45, 2.75) is 13.3 Å². The van der Waals surface area contributed by atoms with Crippen molar-refractivity contribution in [1.82, 2.24) is 10.3 Å². The standard InChI is InChI=1S/C24H24N2O3S/c1-15-5-7-16(8-6-15)21-19-14-26-20-10-9-17(29-3)13-18(20)22(19)30-23(21)24(27)25-11-4-12-28-2/h5-10,13-14H,4,11-12H2,1-3H3,(H,25,27). The Labute approximate surface area is 179 Å². The molecule has 1 N–H and O–H groups in total. The van der Waals surface area contributed by atoms with Crippen molar-refractivity contribution >= 4 is 38.2 Å². The molecule has 0 bridgehead atoms. The van der Waals surface area contributed by atoms with Crippen molar-refractivity contribution in [2.75, 3.05) is 27.4 Å². The van der Waals surface area contributed by atoms with Gasteiger partial charge in [0.1, 0.15) is 10.6 Å². The topological polar surface area (TPSA) is 60.5 Å². The number of thiophene rings is 1. The van der Waals surface area contributed by atoms with Crippen molar-refractivity contribution in [3.05, 3.63) is 59.1 Å². The van der Waals surface area contributed by atoms with E-state index in [4.69, 9.17) is 9.47 Å². The largest absolute Gasteiger partial charge is 0.497 e. The van der Waals surface area contributed by atoms with Gasteiger partial charge in [-0.2, -0.15) is 0 Å². The number of fused-ring (bicyclic) bond motifs is 3. The number of pyridine rings is 1. The molecular formula is C24H24N2O3S. The van der Waals surface area contributed by atoms with Gasteiger partial charge in [0, 0.05) is 47.5 Å². The third-order valence-electron chi connectivity index (χ3n) is 5.08. The van der Waals surface area contributed by atoms with Gasteiger partial charge in [0.05, 0.1) is 12.6 Å². The number of carbonyl (C=O) groups excluding carboxylic acids is 1. The Morgan fingerprint density at radius 3 is 2.63 bits per heavy atom. The molecule has 0 atom stereocenters. The second-order valence-corrected chi connectivity index (χ2v) is 8.18. The number of nitrogens with zero attached hydrogens (tertiary/aromatic N) is 1. The van der Waals surface area contributed by atoms with E-state index < -0.39 is 0 Å². The lowest BCUT2D eigenvalue weighted by Gasteiger charge is -2.07. The Balaban J connectivity index is 1.89. The molecule has 0 spiro atoms. The monoisotopic (exact) mass is 420 g/mol. The van der Waals surface area contributed by atoms with Gasteiger partial charge in [-0.05, 0) is 37.1 Å². The van der Waals surface area contributed by atoms with Gasteiger partial charge in [-0.25, -0.2) is 0 Å².